The fraction of sp³-hybridized carbons (Fsp3) is 0.346. The molecule has 0 aliphatic carbocycles. The maximum atomic E-state index is 12.5. The molecule has 2 aromatic heterocycles. The maximum absolute atomic E-state index is 12.5. The third-order valence-corrected chi connectivity index (χ3v) is 6.59. The van der Waals surface area contributed by atoms with Crippen LogP contribution in [0.25, 0.3) is 21.8 Å². The molecule has 5 rings (SSSR count). The molecule has 0 atom stereocenters. The summed E-state index contributed by atoms with van der Waals surface area (Å²) in [5.74, 6) is 8.49. The van der Waals surface area contributed by atoms with Crippen molar-refractivity contribution in [3.63, 3.8) is 0 Å². The van der Waals surface area contributed by atoms with Gasteiger partial charge in [-0.3, -0.25) is 9.69 Å². The van der Waals surface area contributed by atoms with Crippen LogP contribution >= 0.6 is 0 Å². The molecule has 0 bridgehead atoms. The fourth-order valence-electron chi connectivity index (χ4n) is 4.65. The number of anilines is 1. The molecule has 0 radical (unpaired) electrons. The van der Waals surface area contributed by atoms with Gasteiger partial charge >= 0.3 is 0 Å². The van der Waals surface area contributed by atoms with Crippen molar-refractivity contribution in [2.45, 2.75) is 19.3 Å². The van der Waals surface area contributed by atoms with Crippen molar-refractivity contribution in [3.05, 3.63) is 70.8 Å². The number of unbranched alkanes of at least 4 members (excludes halogenated alkanes) is 1. The third-order valence-electron chi connectivity index (χ3n) is 6.59. The SMILES string of the molecule is COc1cc(N2CCN(CCCCc3nc4ccccc4c(=O)n3N)CC2)nc2ccccc12. The number of aromatic nitrogens is 3. The lowest BCUT2D eigenvalue weighted by Gasteiger charge is -2.35. The normalized spacial score (nSPS) is 14.7. The molecule has 34 heavy (non-hydrogen) atoms. The van der Waals surface area contributed by atoms with E-state index in [0.29, 0.717) is 23.1 Å². The van der Waals surface area contributed by atoms with Crippen LogP contribution in [0.15, 0.2) is 59.4 Å². The summed E-state index contributed by atoms with van der Waals surface area (Å²) in [4.78, 5) is 26.7. The Bertz CT molecular complexity index is 1360. The number of fused-ring (bicyclic) bond motifs is 2. The van der Waals surface area contributed by atoms with Gasteiger partial charge < -0.3 is 15.5 Å². The molecule has 2 N–H and O–H groups in total. The molecule has 2 aromatic carbocycles. The van der Waals surface area contributed by atoms with Gasteiger partial charge in [-0.2, -0.15) is 0 Å². The first-order valence-corrected chi connectivity index (χ1v) is 11.8. The van der Waals surface area contributed by atoms with Gasteiger partial charge in [0.25, 0.3) is 5.56 Å². The average molecular weight is 459 g/mol. The van der Waals surface area contributed by atoms with Gasteiger partial charge in [-0.05, 0) is 43.7 Å². The monoisotopic (exact) mass is 458 g/mol. The van der Waals surface area contributed by atoms with Crippen LogP contribution in [-0.2, 0) is 6.42 Å². The Morgan fingerprint density at radius 3 is 2.32 bits per heavy atom. The summed E-state index contributed by atoms with van der Waals surface area (Å²) >= 11 is 0. The van der Waals surface area contributed by atoms with Gasteiger partial charge in [0.15, 0.2) is 0 Å². The highest BCUT2D eigenvalue weighted by Crippen LogP contribution is 2.29. The van der Waals surface area contributed by atoms with Crippen molar-refractivity contribution < 1.29 is 4.74 Å². The minimum absolute atomic E-state index is 0.185. The van der Waals surface area contributed by atoms with E-state index in [1.807, 2.05) is 48.5 Å². The second-order valence-electron chi connectivity index (χ2n) is 8.71. The van der Waals surface area contributed by atoms with Crippen LogP contribution in [0.3, 0.4) is 0 Å². The van der Waals surface area contributed by atoms with Crippen molar-refractivity contribution >= 4 is 27.6 Å². The lowest BCUT2D eigenvalue weighted by atomic mass is 10.2. The number of para-hydroxylation sites is 2. The van der Waals surface area contributed by atoms with Crippen molar-refractivity contribution in [3.8, 4) is 5.75 Å². The molecule has 0 unspecified atom stereocenters. The summed E-state index contributed by atoms with van der Waals surface area (Å²) in [5, 5.41) is 1.60. The quantitative estimate of drug-likeness (QED) is 0.336. The largest absolute Gasteiger partial charge is 0.496 e. The Morgan fingerprint density at radius 2 is 1.59 bits per heavy atom. The second kappa shape index (κ2) is 9.69. The molecule has 176 valence electrons. The smallest absolute Gasteiger partial charge is 0.279 e. The minimum Gasteiger partial charge on any atom is -0.496 e. The molecular formula is C26H30N6O2. The van der Waals surface area contributed by atoms with Gasteiger partial charge in [0.1, 0.15) is 17.4 Å². The summed E-state index contributed by atoms with van der Waals surface area (Å²) in [6.45, 7) is 4.87. The van der Waals surface area contributed by atoms with Crippen molar-refractivity contribution in [2.75, 3.05) is 50.6 Å². The summed E-state index contributed by atoms with van der Waals surface area (Å²) in [5.41, 5.74) is 1.48. The van der Waals surface area contributed by atoms with E-state index in [-0.39, 0.29) is 5.56 Å². The number of ether oxygens (including phenoxy) is 1. The predicted molar refractivity (Wildman–Crippen MR) is 136 cm³/mol. The number of nitrogens with zero attached hydrogens (tertiary/aromatic N) is 5. The van der Waals surface area contributed by atoms with Gasteiger partial charge in [-0.15, -0.1) is 0 Å². The van der Waals surface area contributed by atoms with Crippen LogP contribution in [0.2, 0.25) is 0 Å². The first-order valence-electron chi connectivity index (χ1n) is 11.8. The van der Waals surface area contributed by atoms with E-state index in [0.717, 1.165) is 68.0 Å². The second-order valence-corrected chi connectivity index (χ2v) is 8.71. The van der Waals surface area contributed by atoms with Crippen molar-refractivity contribution in [1.29, 1.82) is 0 Å². The number of aryl methyl sites for hydroxylation is 1. The Morgan fingerprint density at radius 1 is 0.912 bits per heavy atom. The molecule has 0 spiro atoms. The molecule has 0 amide bonds. The van der Waals surface area contributed by atoms with Crippen molar-refractivity contribution in [1.82, 2.24) is 19.5 Å². The number of nitrogen functional groups attached to an aromatic ring is 1. The molecule has 3 heterocycles. The number of nitrogens with two attached hydrogens (primary N) is 1. The molecule has 4 aromatic rings. The summed E-state index contributed by atoms with van der Waals surface area (Å²) in [6, 6.07) is 17.5. The van der Waals surface area contributed by atoms with Crippen LogP contribution in [0.4, 0.5) is 5.82 Å². The number of hydrogen-bond acceptors (Lipinski definition) is 7. The lowest BCUT2D eigenvalue weighted by molar-refractivity contribution is 0.252. The minimum atomic E-state index is -0.185. The molecule has 1 aliphatic rings. The molecule has 0 saturated carbocycles. The summed E-state index contributed by atoms with van der Waals surface area (Å²) in [6.07, 6.45) is 2.66. The Labute approximate surface area is 198 Å². The molecular weight excluding hydrogens is 428 g/mol. The van der Waals surface area contributed by atoms with Gasteiger partial charge in [0, 0.05) is 44.1 Å². The first-order chi connectivity index (χ1) is 16.6. The zero-order valence-electron chi connectivity index (χ0n) is 19.5. The Kier molecular flexibility index (Phi) is 6.31. The summed E-state index contributed by atoms with van der Waals surface area (Å²) in [7, 11) is 1.71. The molecule has 1 saturated heterocycles. The first kappa shape index (κ1) is 22.2. The van der Waals surface area contributed by atoms with E-state index in [1.165, 1.54) is 4.68 Å². The van der Waals surface area contributed by atoms with Gasteiger partial charge in [-0.1, -0.05) is 24.3 Å². The topological polar surface area (TPSA) is 89.5 Å². The van der Waals surface area contributed by atoms with Crippen LogP contribution in [0, 0.1) is 0 Å². The van der Waals surface area contributed by atoms with Gasteiger partial charge in [0.2, 0.25) is 0 Å². The number of hydrogen-bond donors (Lipinski definition) is 1. The van der Waals surface area contributed by atoms with E-state index >= 15 is 0 Å². The zero-order chi connectivity index (χ0) is 23.5. The summed E-state index contributed by atoms with van der Waals surface area (Å²) < 4.78 is 6.81. The number of pyridine rings is 1. The van der Waals surface area contributed by atoms with E-state index in [4.69, 9.17) is 15.6 Å². The number of rotatable bonds is 7. The Hall–Kier alpha value is -3.65. The van der Waals surface area contributed by atoms with Gasteiger partial charge in [0.05, 0.1) is 23.5 Å². The molecule has 8 heteroatoms. The predicted octanol–water partition coefficient (Wildman–Crippen LogP) is 2.81. The lowest BCUT2D eigenvalue weighted by Crippen LogP contribution is -2.47. The van der Waals surface area contributed by atoms with Crippen LogP contribution in [-0.4, -0.2) is 59.4 Å². The average Bonchev–Trinajstić information content (AvgIpc) is 2.89. The van der Waals surface area contributed by atoms with E-state index in [2.05, 4.69) is 14.8 Å². The molecule has 1 aliphatic heterocycles. The highest BCUT2D eigenvalue weighted by Gasteiger charge is 2.19. The third kappa shape index (κ3) is 4.41. The van der Waals surface area contributed by atoms with Crippen LogP contribution in [0.5, 0.6) is 5.75 Å². The standard InChI is InChI=1S/C26H30N6O2/c1-34-23-18-25(29-21-10-4-2-8-19(21)23)31-16-14-30(15-17-31)13-7-6-12-24-28-22-11-5-3-9-20(22)26(33)32(24)27/h2-5,8-11,18H,6-7,12-17,27H2,1H3. The molecule has 8 nitrogen and oxygen atoms in total. The van der Waals surface area contributed by atoms with Crippen LogP contribution in [0.1, 0.15) is 18.7 Å². The number of benzene rings is 2. The Balaban J connectivity index is 1.14. The van der Waals surface area contributed by atoms with E-state index in [9.17, 15) is 4.79 Å². The zero-order valence-corrected chi connectivity index (χ0v) is 19.5. The maximum Gasteiger partial charge on any atom is 0.279 e. The van der Waals surface area contributed by atoms with Crippen LogP contribution < -0.4 is 21.0 Å². The van der Waals surface area contributed by atoms with Gasteiger partial charge in [-0.25, -0.2) is 14.6 Å². The number of piperazine rings is 1. The molecule has 1 fully saturated rings. The highest BCUT2D eigenvalue weighted by atomic mass is 16.5. The van der Waals surface area contributed by atoms with E-state index in [1.54, 1.807) is 13.2 Å². The van der Waals surface area contributed by atoms with Crippen molar-refractivity contribution in [2.24, 2.45) is 0 Å². The highest BCUT2D eigenvalue weighted by molar-refractivity contribution is 5.87. The number of methoxy groups -OCH3 is 1. The van der Waals surface area contributed by atoms with E-state index < -0.39 is 0 Å². The fourth-order valence-corrected chi connectivity index (χ4v) is 4.65.